The number of hydrogen-bond acceptors (Lipinski definition) is 8. The van der Waals surface area contributed by atoms with E-state index in [4.69, 9.17) is 25.5 Å². The Bertz CT molecular complexity index is 1030. The van der Waals surface area contributed by atoms with Crippen molar-refractivity contribution in [3.63, 3.8) is 0 Å². The fourth-order valence-corrected chi connectivity index (χ4v) is 3.12. The van der Waals surface area contributed by atoms with Crippen molar-refractivity contribution in [1.82, 2.24) is 10.2 Å². The summed E-state index contributed by atoms with van der Waals surface area (Å²) in [6.07, 6.45) is 0.757. The van der Waals surface area contributed by atoms with Gasteiger partial charge in [-0.05, 0) is 42.8 Å². The molecular formula is C21H20ClN3O5S. The van der Waals surface area contributed by atoms with Gasteiger partial charge in [-0.3, -0.25) is 4.79 Å². The van der Waals surface area contributed by atoms with Crippen LogP contribution in [0.4, 0.5) is 5.69 Å². The minimum absolute atomic E-state index is 0.0660. The minimum Gasteiger partial charge on any atom is -0.482 e. The number of nitrogens with one attached hydrogen (secondary N) is 1. The summed E-state index contributed by atoms with van der Waals surface area (Å²) in [6, 6.07) is 13.5. The van der Waals surface area contributed by atoms with E-state index in [-0.39, 0.29) is 35.3 Å². The van der Waals surface area contributed by atoms with Crippen LogP contribution in [0.2, 0.25) is 5.02 Å². The summed E-state index contributed by atoms with van der Waals surface area (Å²) >= 11 is 7.13. The minimum atomic E-state index is -0.388. The van der Waals surface area contributed by atoms with Gasteiger partial charge in [0, 0.05) is 5.69 Å². The lowest BCUT2D eigenvalue weighted by Gasteiger charge is -2.06. The van der Waals surface area contributed by atoms with Crippen molar-refractivity contribution >= 4 is 40.9 Å². The second kappa shape index (κ2) is 11.4. The standard InChI is InChI=1S/C21H20ClN3O5S/c1-2-11-28-20(27)14-7-9-15(10-8-14)23-18(26)13-31-21-25-24-19(30-21)12-29-17-6-4-3-5-16(17)22/h3-10H,2,11-13H2,1H3,(H,23,26). The molecule has 3 aromatic rings. The van der Waals surface area contributed by atoms with Crippen LogP contribution in [0.5, 0.6) is 5.75 Å². The number of amides is 1. The first-order chi connectivity index (χ1) is 15.0. The largest absolute Gasteiger partial charge is 0.482 e. The number of ether oxygens (including phenoxy) is 2. The molecule has 0 aliphatic heterocycles. The Morgan fingerprint density at radius 1 is 1.13 bits per heavy atom. The Balaban J connectivity index is 1.43. The number of anilines is 1. The number of thioether (sulfide) groups is 1. The molecule has 1 amide bonds. The maximum atomic E-state index is 12.1. The maximum absolute atomic E-state index is 12.1. The van der Waals surface area contributed by atoms with Gasteiger partial charge in [-0.15, -0.1) is 10.2 Å². The van der Waals surface area contributed by atoms with E-state index in [1.165, 1.54) is 0 Å². The summed E-state index contributed by atoms with van der Waals surface area (Å²) < 4.78 is 16.1. The first-order valence-corrected chi connectivity index (χ1v) is 10.8. The molecular weight excluding hydrogens is 442 g/mol. The van der Waals surface area contributed by atoms with Crippen LogP contribution < -0.4 is 10.1 Å². The van der Waals surface area contributed by atoms with E-state index in [1.54, 1.807) is 48.5 Å². The predicted octanol–water partition coefficient (Wildman–Crippen LogP) is 4.60. The number of nitrogens with zero attached hydrogens (tertiary/aromatic N) is 2. The van der Waals surface area contributed by atoms with Crippen molar-refractivity contribution in [2.24, 2.45) is 0 Å². The monoisotopic (exact) mass is 461 g/mol. The average molecular weight is 462 g/mol. The Hall–Kier alpha value is -3.04. The molecule has 1 N–H and O–H groups in total. The zero-order valence-corrected chi connectivity index (χ0v) is 18.2. The van der Waals surface area contributed by atoms with Gasteiger partial charge in [-0.2, -0.15) is 0 Å². The zero-order chi connectivity index (χ0) is 22.1. The van der Waals surface area contributed by atoms with E-state index in [9.17, 15) is 9.59 Å². The highest BCUT2D eigenvalue weighted by Gasteiger charge is 2.12. The summed E-state index contributed by atoms with van der Waals surface area (Å²) in [5.74, 6) is 0.223. The maximum Gasteiger partial charge on any atom is 0.338 e. The molecule has 0 saturated carbocycles. The number of esters is 1. The van der Waals surface area contributed by atoms with Crippen LogP contribution in [-0.4, -0.2) is 34.4 Å². The lowest BCUT2D eigenvalue weighted by Crippen LogP contribution is -2.14. The zero-order valence-electron chi connectivity index (χ0n) is 16.7. The molecule has 0 unspecified atom stereocenters. The Labute approximate surface area is 188 Å². The third-order valence-electron chi connectivity index (χ3n) is 3.80. The van der Waals surface area contributed by atoms with Gasteiger partial charge >= 0.3 is 5.97 Å². The van der Waals surface area contributed by atoms with E-state index >= 15 is 0 Å². The van der Waals surface area contributed by atoms with Crippen LogP contribution in [0, 0.1) is 0 Å². The molecule has 0 fully saturated rings. The highest BCUT2D eigenvalue weighted by Crippen LogP contribution is 2.24. The molecule has 31 heavy (non-hydrogen) atoms. The van der Waals surface area contributed by atoms with E-state index in [1.807, 2.05) is 6.92 Å². The van der Waals surface area contributed by atoms with Gasteiger partial charge in [0.15, 0.2) is 6.61 Å². The molecule has 10 heteroatoms. The lowest BCUT2D eigenvalue weighted by molar-refractivity contribution is -0.113. The predicted molar refractivity (Wildman–Crippen MR) is 116 cm³/mol. The molecule has 3 rings (SSSR count). The van der Waals surface area contributed by atoms with Crippen molar-refractivity contribution in [2.75, 3.05) is 17.7 Å². The fraction of sp³-hybridized carbons (Fsp3) is 0.238. The highest BCUT2D eigenvalue weighted by molar-refractivity contribution is 7.99. The van der Waals surface area contributed by atoms with Crippen LogP contribution >= 0.6 is 23.4 Å². The molecule has 0 aliphatic carbocycles. The molecule has 0 radical (unpaired) electrons. The number of rotatable bonds is 10. The van der Waals surface area contributed by atoms with Crippen LogP contribution in [0.1, 0.15) is 29.6 Å². The summed E-state index contributed by atoms with van der Waals surface area (Å²) in [6.45, 7) is 2.36. The van der Waals surface area contributed by atoms with Gasteiger partial charge in [-0.1, -0.05) is 42.4 Å². The van der Waals surface area contributed by atoms with Crippen molar-refractivity contribution in [2.45, 2.75) is 25.2 Å². The molecule has 1 heterocycles. The van der Waals surface area contributed by atoms with Crippen LogP contribution in [0.3, 0.4) is 0 Å². The molecule has 0 bridgehead atoms. The first-order valence-electron chi connectivity index (χ1n) is 9.44. The second-order valence-electron chi connectivity index (χ2n) is 6.23. The highest BCUT2D eigenvalue weighted by atomic mass is 35.5. The summed E-state index contributed by atoms with van der Waals surface area (Å²) in [7, 11) is 0. The number of para-hydroxylation sites is 1. The van der Waals surface area contributed by atoms with Gasteiger partial charge in [0.05, 0.1) is 22.9 Å². The summed E-state index contributed by atoms with van der Waals surface area (Å²) in [5, 5.41) is 11.3. The first kappa shape index (κ1) is 22.6. The fourth-order valence-electron chi connectivity index (χ4n) is 2.35. The van der Waals surface area contributed by atoms with Crippen LogP contribution in [-0.2, 0) is 16.1 Å². The van der Waals surface area contributed by atoms with Crippen LogP contribution in [0.25, 0.3) is 0 Å². The van der Waals surface area contributed by atoms with Gasteiger partial charge in [0.1, 0.15) is 5.75 Å². The molecule has 0 aliphatic rings. The van der Waals surface area contributed by atoms with E-state index in [0.29, 0.717) is 28.6 Å². The van der Waals surface area contributed by atoms with Gasteiger partial charge in [-0.25, -0.2) is 4.79 Å². The van der Waals surface area contributed by atoms with Gasteiger partial charge in [0.2, 0.25) is 5.91 Å². The number of hydrogen-bond donors (Lipinski definition) is 1. The second-order valence-corrected chi connectivity index (χ2v) is 7.56. The van der Waals surface area contributed by atoms with Gasteiger partial charge in [0.25, 0.3) is 11.1 Å². The van der Waals surface area contributed by atoms with Crippen molar-refractivity contribution in [3.8, 4) is 5.75 Å². The molecule has 0 saturated heterocycles. The van der Waals surface area contributed by atoms with Crippen LogP contribution in [0.15, 0.2) is 58.2 Å². The van der Waals surface area contributed by atoms with E-state index in [2.05, 4.69) is 15.5 Å². The summed E-state index contributed by atoms with van der Waals surface area (Å²) in [5.41, 5.74) is 0.996. The Morgan fingerprint density at radius 2 is 1.90 bits per heavy atom. The molecule has 162 valence electrons. The SMILES string of the molecule is CCCOC(=O)c1ccc(NC(=O)CSc2nnc(COc3ccccc3Cl)o2)cc1. The number of halogens is 1. The molecule has 8 nitrogen and oxygen atoms in total. The number of benzene rings is 2. The Kier molecular flexibility index (Phi) is 8.31. The molecule has 2 aromatic carbocycles. The number of carbonyl (C=O) groups is 2. The summed E-state index contributed by atoms with van der Waals surface area (Å²) in [4.78, 5) is 23.9. The van der Waals surface area contributed by atoms with Crippen molar-refractivity contribution < 1.29 is 23.5 Å². The smallest absolute Gasteiger partial charge is 0.338 e. The molecule has 1 aromatic heterocycles. The topological polar surface area (TPSA) is 104 Å². The molecule has 0 spiro atoms. The Morgan fingerprint density at radius 3 is 2.65 bits per heavy atom. The third kappa shape index (κ3) is 7.01. The quantitative estimate of drug-likeness (QED) is 0.345. The third-order valence-corrected chi connectivity index (χ3v) is 4.94. The van der Waals surface area contributed by atoms with E-state index < -0.39 is 0 Å². The number of aromatic nitrogens is 2. The number of carbonyl (C=O) groups excluding carboxylic acids is 2. The average Bonchev–Trinajstić information content (AvgIpc) is 3.24. The normalized spacial score (nSPS) is 10.5. The lowest BCUT2D eigenvalue weighted by atomic mass is 10.2. The van der Waals surface area contributed by atoms with Crippen molar-refractivity contribution in [3.05, 3.63) is 65.0 Å². The van der Waals surface area contributed by atoms with Gasteiger partial charge < -0.3 is 19.2 Å². The molecule has 0 atom stereocenters. The van der Waals surface area contributed by atoms with Crippen molar-refractivity contribution in [1.29, 1.82) is 0 Å². The van der Waals surface area contributed by atoms with E-state index in [0.717, 1.165) is 18.2 Å².